The maximum absolute atomic E-state index is 2.72. The maximum atomic E-state index is 2.72. The molecule has 6 aromatic rings. The number of para-hydroxylation sites is 1. The van der Waals surface area contributed by atoms with Gasteiger partial charge in [0.15, 0.2) is 0 Å². The van der Waals surface area contributed by atoms with Gasteiger partial charge < -0.3 is 9.80 Å². The summed E-state index contributed by atoms with van der Waals surface area (Å²) < 4.78 is 0. The molecule has 0 amide bonds. The summed E-state index contributed by atoms with van der Waals surface area (Å²) in [5.74, 6) is 0. The molecule has 0 fully saturated rings. The molecular weight excluding hydrogens is 699 g/mol. The molecular formula is C55H57BN2. The third-order valence-corrected chi connectivity index (χ3v) is 15.4. The lowest BCUT2D eigenvalue weighted by molar-refractivity contribution is 0.332. The maximum Gasteiger partial charge on any atom is 0.252 e. The lowest BCUT2D eigenvalue weighted by Gasteiger charge is -2.47. The number of hydrogen-bond acceptors (Lipinski definition) is 2. The van der Waals surface area contributed by atoms with Crippen LogP contribution in [0, 0.1) is 20.8 Å². The summed E-state index contributed by atoms with van der Waals surface area (Å²) >= 11 is 0. The summed E-state index contributed by atoms with van der Waals surface area (Å²) in [6.45, 7) is 26.8. The Labute approximate surface area is 347 Å². The van der Waals surface area contributed by atoms with Crippen LogP contribution in [0.5, 0.6) is 0 Å². The van der Waals surface area contributed by atoms with E-state index >= 15 is 0 Å². The van der Waals surface area contributed by atoms with Crippen molar-refractivity contribution in [2.45, 2.75) is 124 Å². The predicted molar refractivity (Wildman–Crippen MR) is 249 cm³/mol. The topological polar surface area (TPSA) is 6.48 Å². The molecule has 3 aliphatic carbocycles. The van der Waals surface area contributed by atoms with E-state index in [1.807, 2.05) is 0 Å². The monoisotopic (exact) mass is 756 g/mol. The molecule has 0 N–H and O–H groups in total. The zero-order valence-corrected chi connectivity index (χ0v) is 36.5. The van der Waals surface area contributed by atoms with Gasteiger partial charge in [-0.05, 0) is 182 Å². The average molecular weight is 757 g/mol. The van der Waals surface area contributed by atoms with Crippen LogP contribution >= 0.6 is 0 Å². The molecule has 58 heavy (non-hydrogen) atoms. The molecule has 3 heteroatoms. The van der Waals surface area contributed by atoms with Gasteiger partial charge >= 0.3 is 0 Å². The summed E-state index contributed by atoms with van der Waals surface area (Å²) in [7, 11) is 0. The van der Waals surface area contributed by atoms with Crippen LogP contribution in [0.2, 0.25) is 0 Å². The van der Waals surface area contributed by atoms with Crippen LogP contribution in [0.25, 0.3) is 11.1 Å². The van der Waals surface area contributed by atoms with Crippen molar-refractivity contribution >= 4 is 57.2 Å². The highest BCUT2D eigenvalue weighted by molar-refractivity contribution is 7.00. The smallest absolute Gasteiger partial charge is 0.252 e. The zero-order valence-electron chi connectivity index (χ0n) is 36.5. The number of aryl methyl sites for hydroxylation is 3. The fourth-order valence-corrected chi connectivity index (χ4v) is 12.5. The molecule has 2 heterocycles. The first-order valence-electron chi connectivity index (χ1n) is 21.9. The number of nitrogens with zero attached hydrogens (tertiary/aromatic N) is 2. The number of anilines is 6. The molecule has 0 bridgehead atoms. The summed E-state index contributed by atoms with van der Waals surface area (Å²) in [6, 6.07) is 38.8. The molecule has 0 unspecified atom stereocenters. The van der Waals surface area contributed by atoms with Crippen LogP contribution < -0.4 is 26.2 Å². The van der Waals surface area contributed by atoms with Crippen molar-refractivity contribution in [3.8, 4) is 11.1 Å². The van der Waals surface area contributed by atoms with Gasteiger partial charge in [0, 0.05) is 34.1 Å². The van der Waals surface area contributed by atoms with Crippen molar-refractivity contribution in [1.29, 1.82) is 0 Å². The fourth-order valence-electron chi connectivity index (χ4n) is 12.5. The molecule has 6 aromatic carbocycles. The van der Waals surface area contributed by atoms with Crippen LogP contribution in [-0.4, -0.2) is 6.71 Å². The van der Waals surface area contributed by atoms with E-state index in [1.54, 1.807) is 0 Å². The van der Waals surface area contributed by atoms with Gasteiger partial charge in [-0.25, -0.2) is 0 Å². The molecule has 0 saturated heterocycles. The summed E-state index contributed by atoms with van der Waals surface area (Å²) in [6.07, 6.45) is 4.53. The Balaban J connectivity index is 1.28. The van der Waals surface area contributed by atoms with E-state index in [0.717, 1.165) is 12.8 Å². The highest BCUT2D eigenvalue weighted by Crippen LogP contribution is 2.55. The minimum atomic E-state index is 0.0745. The van der Waals surface area contributed by atoms with E-state index in [4.69, 9.17) is 0 Å². The first-order valence-corrected chi connectivity index (χ1v) is 21.9. The molecule has 2 nitrogen and oxygen atoms in total. The van der Waals surface area contributed by atoms with Gasteiger partial charge in [0.25, 0.3) is 6.71 Å². The Morgan fingerprint density at radius 2 is 1.00 bits per heavy atom. The van der Waals surface area contributed by atoms with E-state index in [0.29, 0.717) is 0 Å². The van der Waals surface area contributed by atoms with Gasteiger partial charge in [0.1, 0.15) is 0 Å². The molecule has 5 aliphatic rings. The van der Waals surface area contributed by atoms with Crippen molar-refractivity contribution in [3.05, 3.63) is 147 Å². The quantitative estimate of drug-likeness (QED) is 0.162. The first kappa shape index (κ1) is 36.1. The van der Waals surface area contributed by atoms with Crippen LogP contribution in [0.1, 0.15) is 125 Å². The standard InChI is InChI=1S/C55H57BN2/c1-32-22-49-51-50(23-32)58(46-29-41-39(24-34(46)3)52(4,5)20-21-53(41,6)7)48-30-42-40(54(8,9)31-55(42,10)11)28-44(48)56(51)43-27-38-36(25-35-17-13-14-18-37(35)38)26-47(43)57(49)45-19-15-12-16-33(45)2/h12-19,22-24,26-30H,20-21,25,31H2,1-11H3. The van der Waals surface area contributed by atoms with E-state index < -0.39 is 0 Å². The Morgan fingerprint density at radius 3 is 1.71 bits per heavy atom. The number of hydrogen-bond donors (Lipinski definition) is 0. The van der Waals surface area contributed by atoms with Gasteiger partial charge in [-0.2, -0.15) is 0 Å². The van der Waals surface area contributed by atoms with Gasteiger partial charge in [-0.1, -0.05) is 116 Å². The fraction of sp³-hybridized carbons (Fsp3) is 0.345. The molecule has 0 radical (unpaired) electrons. The van der Waals surface area contributed by atoms with E-state index in [9.17, 15) is 0 Å². The lowest BCUT2D eigenvalue weighted by atomic mass is 9.33. The summed E-state index contributed by atoms with van der Waals surface area (Å²) in [4.78, 5) is 5.35. The third-order valence-electron chi connectivity index (χ3n) is 15.4. The van der Waals surface area contributed by atoms with E-state index in [-0.39, 0.29) is 28.4 Å². The minimum Gasteiger partial charge on any atom is -0.311 e. The Morgan fingerprint density at radius 1 is 0.448 bits per heavy atom. The van der Waals surface area contributed by atoms with Crippen molar-refractivity contribution in [3.63, 3.8) is 0 Å². The average Bonchev–Trinajstić information content (AvgIpc) is 3.61. The van der Waals surface area contributed by atoms with Gasteiger partial charge in [0.2, 0.25) is 0 Å². The molecule has 0 spiro atoms. The molecule has 11 rings (SSSR count). The third kappa shape index (κ3) is 4.85. The van der Waals surface area contributed by atoms with Crippen LogP contribution in [0.15, 0.2) is 97.1 Å². The number of benzene rings is 6. The molecule has 0 atom stereocenters. The SMILES string of the molecule is Cc1cc2c3c(c1)N(c1cc4c(cc1C)C(C)(C)CCC4(C)C)c1cc4c(cc1B3c1cc3c(cc1N2c1ccccc1C)Cc1ccccc1-3)C(C)(C)CC4(C)C. The molecule has 0 saturated carbocycles. The second kappa shape index (κ2) is 11.6. The summed E-state index contributed by atoms with van der Waals surface area (Å²) in [5, 5.41) is 0. The Hall–Kier alpha value is -5.02. The number of fused-ring (bicyclic) bond motifs is 9. The Kier molecular flexibility index (Phi) is 7.21. The van der Waals surface area contributed by atoms with Crippen molar-refractivity contribution < 1.29 is 0 Å². The van der Waals surface area contributed by atoms with Gasteiger partial charge in [-0.15, -0.1) is 0 Å². The zero-order chi connectivity index (χ0) is 40.4. The second-order valence-electron chi connectivity index (χ2n) is 21.4. The first-order chi connectivity index (χ1) is 27.4. The van der Waals surface area contributed by atoms with E-state index in [1.165, 1.54) is 125 Å². The van der Waals surface area contributed by atoms with Crippen LogP contribution in [-0.2, 0) is 28.1 Å². The van der Waals surface area contributed by atoms with Gasteiger partial charge in [-0.3, -0.25) is 0 Å². The second-order valence-corrected chi connectivity index (χ2v) is 21.4. The molecule has 290 valence electrons. The van der Waals surface area contributed by atoms with Gasteiger partial charge in [0.05, 0.1) is 0 Å². The Bertz CT molecular complexity index is 2800. The molecule has 2 aliphatic heterocycles. The van der Waals surface area contributed by atoms with E-state index in [2.05, 4.69) is 183 Å². The van der Waals surface area contributed by atoms with Crippen molar-refractivity contribution in [2.75, 3.05) is 9.80 Å². The predicted octanol–water partition coefficient (Wildman–Crippen LogP) is 12.6. The van der Waals surface area contributed by atoms with Crippen molar-refractivity contribution in [2.24, 2.45) is 0 Å². The number of rotatable bonds is 2. The normalized spacial score (nSPS) is 19.1. The highest BCUT2D eigenvalue weighted by atomic mass is 15.2. The highest BCUT2D eigenvalue weighted by Gasteiger charge is 2.49. The van der Waals surface area contributed by atoms with Crippen LogP contribution in [0.4, 0.5) is 34.1 Å². The van der Waals surface area contributed by atoms with Crippen LogP contribution in [0.3, 0.4) is 0 Å². The largest absolute Gasteiger partial charge is 0.311 e. The molecule has 0 aromatic heterocycles. The van der Waals surface area contributed by atoms with Crippen molar-refractivity contribution in [1.82, 2.24) is 0 Å². The lowest BCUT2D eigenvalue weighted by Crippen LogP contribution is -2.61. The minimum absolute atomic E-state index is 0.0745. The summed E-state index contributed by atoms with van der Waals surface area (Å²) in [5.41, 5.74) is 28.2.